The summed E-state index contributed by atoms with van der Waals surface area (Å²) in [4.78, 5) is 13.5. The van der Waals surface area contributed by atoms with E-state index in [0.29, 0.717) is 11.5 Å². The van der Waals surface area contributed by atoms with Crippen molar-refractivity contribution in [1.29, 1.82) is 0 Å². The number of hydrogen-bond donors (Lipinski definition) is 1. The van der Waals surface area contributed by atoms with Gasteiger partial charge in [0.2, 0.25) is 0 Å². The smallest absolute Gasteiger partial charge is 0.255 e. The minimum absolute atomic E-state index is 0.0482. The van der Waals surface area contributed by atoms with E-state index in [1.165, 1.54) is 4.88 Å². The molecule has 1 atom stereocenters. The maximum absolute atomic E-state index is 12.3. The molecular formula is C14H19N3OS. The van der Waals surface area contributed by atoms with Crippen molar-refractivity contribution in [2.75, 3.05) is 0 Å². The molecule has 1 N–H and O–H groups in total. The van der Waals surface area contributed by atoms with Crippen LogP contribution in [0, 0.1) is 12.8 Å². The summed E-state index contributed by atoms with van der Waals surface area (Å²) in [7, 11) is 1.84. The molecule has 4 nitrogen and oxygen atoms in total. The average molecular weight is 277 g/mol. The first-order valence-electron chi connectivity index (χ1n) is 6.33. The number of rotatable bonds is 4. The largest absolute Gasteiger partial charge is 0.344 e. The summed E-state index contributed by atoms with van der Waals surface area (Å²) in [6, 6.07) is 4.12. The third-order valence-corrected chi connectivity index (χ3v) is 4.24. The minimum atomic E-state index is -0.0577. The van der Waals surface area contributed by atoms with E-state index in [2.05, 4.69) is 30.3 Å². The fourth-order valence-electron chi connectivity index (χ4n) is 1.98. The zero-order valence-electron chi connectivity index (χ0n) is 11.7. The number of hydrogen-bond acceptors (Lipinski definition) is 3. The Labute approximate surface area is 117 Å². The molecule has 19 heavy (non-hydrogen) atoms. The number of amides is 1. The lowest BCUT2D eigenvalue weighted by Gasteiger charge is -2.21. The quantitative estimate of drug-likeness (QED) is 0.934. The molecule has 0 bridgehead atoms. The summed E-state index contributed by atoms with van der Waals surface area (Å²) < 4.78 is 1.71. The molecule has 0 spiro atoms. The van der Waals surface area contributed by atoms with Gasteiger partial charge in [-0.15, -0.1) is 11.3 Å². The summed E-state index contributed by atoms with van der Waals surface area (Å²) in [5.41, 5.74) is 1.52. The second kappa shape index (κ2) is 5.57. The Morgan fingerprint density at radius 2 is 2.21 bits per heavy atom. The molecule has 2 aromatic rings. The van der Waals surface area contributed by atoms with Crippen molar-refractivity contribution in [1.82, 2.24) is 15.1 Å². The highest BCUT2D eigenvalue weighted by Gasteiger charge is 2.21. The molecule has 0 aliphatic heterocycles. The zero-order valence-corrected chi connectivity index (χ0v) is 12.5. The first-order valence-corrected chi connectivity index (χ1v) is 7.21. The second-order valence-electron chi connectivity index (χ2n) is 4.98. The zero-order chi connectivity index (χ0) is 14.0. The van der Waals surface area contributed by atoms with E-state index in [9.17, 15) is 4.79 Å². The molecule has 0 aromatic carbocycles. The van der Waals surface area contributed by atoms with Crippen LogP contribution < -0.4 is 5.32 Å². The fourth-order valence-corrected chi connectivity index (χ4v) is 2.92. The minimum Gasteiger partial charge on any atom is -0.344 e. The van der Waals surface area contributed by atoms with E-state index >= 15 is 0 Å². The third-order valence-electron chi connectivity index (χ3n) is 3.28. The molecule has 1 amide bonds. The van der Waals surface area contributed by atoms with Crippen LogP contribution in [-0.2, 0) is 7.05 Å². The van der Waals surface area contributed by atoms with E-state index in [0.717, 1.165) is 5.69 Å². The van der Waals surface area contributed by atoms with E-state index in [1.54, 1.807) is 22.2 Å². The van der Waals surface area contributed by atoms with Gasteiger partial charge < -0.3 is 5.32 Å². The van der Waals surface area contributed by atoms with Crippen molar-refractivity contribution < 1.29 is 4.79 Å². The molecular weight excluding hydrogens is 258 g/mol. The van der Waals surface area contributed by atoms with Crippen molar-refractivity contribution in [2.45, 2.75) is 26.8 Å². The van der Waals surface area contributed by atoms with Gasteiger partial charge in [0.15, 0.2) is 0 Å². The van der Waals surface area contributed by atoms with Gasteiger partial charge in [0.1, 0.15) is 0 Å². The Bertz CT molecular complexity index is 557. The molecule has 0 unspecified atom stereocenters. The summed E-state index contributed by atoms with van der Waals surface area (Å²) >= 11 is 1.67. The molecule has 2 aromatic heterocycles. The maximum atomic E-state index is 12.3. The number of carbonyl (C=O) groups excluding carboxylic acids is 1. The topological polar surface area (TPSA) is 46.9 Å². The van der Waals surface area contributed by atoms with Crippen molar-refractivity contribution >= 4 is 17.2 Å². The Hall–Kier alpha value is -1.62. The lowest BCUT2D eigenvalue weighted by molar-refractivity contribution is 0.0926. The predicted molar refractivity (Wildman–Crippen MR) is 77.3 cm³/mol. The average Bonchev–Trinajstić information content (AvgIpc) is 2.98. The van der Waals surface area contributed by atoms with Crippen LogP contribution in [0.1, 0.15) is 40.8 Å². The van der Waals surface area contributed by atoms with Crippen molar-refractivity contribution in [3.63, 3.8) is 0 Å². The van der Waals surface area contributed by atoms with E-state index in [-0.39, 0.29) is 11.9 Å². The van der Waals surface area contributed by atoms with Gasteiger partial charge in [0, 0.05) is 17.6 Å². The van der Waals surface area contributed by atoms with Gasteiger partial charge in [-0.05, 0) is 24.3 Å². The van der Waals surface area contributed by atoms with Crippen LogP contribution in [-0.4, -0.2) is 15.7 Å². The molecule has 2 rings (SSSR count). The normalized spacial score (nSPS) is 12.7. The van der Waals surface area contributed by atoms with Crippen LogP contribution in [0.3, 0.4) is 0 Å². The van der Waals surface area contributed by atoms with Gasteiger partial charge >= 0.3 is 0 Å². The molecule has 0 saturated carbocycles. The van der Waals surface area contributed by atoms with Crippen LogP contribution in [0.2, 0.25) is 0 Å². The Morgan fingerprint density at radius 3 is 2.68 bits per heavy atom. The molecule has 0 aliphatic rings. The fraction of sp³-hybridized carbons (Fsp3) is 0.429. The third kappa shape index (κ3) is 2.87. The SMILES string of the molecule is Cc1c(C(=O)N[C@@H](c2cccs2)C(C)C)cnn1C. The monoisotopic (exact) mass is 277 g/mol. The number of carbonyl (C=O) groups is 1. The summed E-state index contributed by atoms with van der Waals surface area (Å²) in [5.74, 6) is 0.289. The highest BCUT2D eigenvalue weighted by atomic mass is 32.1. The van der Waals surface area contributed by atoms with Gasteiger partial charge in [0.25, 0.3) is 5.91 Å². The van der Waals surface area contributed by atoms with Gasteiger partial charge in [-0.1, -0.05) is 19.9 Å². The molecule has 0 aliphatic carbocycles. The van der Waals surface area contributed by atoms with Gasteiger partial charge in [-0.2, -0.15) is 5.10 Å². The van der Waals surface area contributed by atoms with Gasteiger partial charge in [0.05, 0.1) is 17.8 Å². The number of thiophene rings is 1. The molecule has 0 saturated heterocycles. The summed E-state index contributed by atoms with van der Waals surface area (Å²) in [6.07, 6.45) is 1.62. The van der Waals surface area contributed by atoms with Crippen molar-refractivity contribution in [3.8, 4) is 0 Å². The molecule has 2 heterocycles. The van der Waals surface area contributed by atoms with Gasteiger partial charge in [-0.3, -0.25) is 9.48 Å². The first-order chi connectivity index (χ1) is 9.00. The number of aromatic nitrogens is 2. The van der Waals surface area contributed by atoms with E-state index < -0.39 is 0 Å². The lowest BCUT2D eigenvalue weighted by Crippen LogP contribution is -2.31. The first kappa shape index (κ1) is 13.8. The van der Waals surface area contributed by atoms with Crippen LogP contribution in [0.15, 0.2) is 23.7 Å². The molecule has 102 valence electrons. The molecule has 5 heteroatoms. The van der Waals surface area contributed by atoms with Crippen molar-refractivity contribution in [3.05, 3.63) is 39.8 Å². The summed E-state index contributed by atoms with van der Waals surface area (Å²) in [6.45, 7) is 6.12. The van der Waals surface area contributed by atoms with Crippen molar-refractivity contribution in [2.24, 2.45) is 13.0 Å². The lowest BCUT2D eigenvalue weighted by atomic mass is 10.0. The Morgan fingerprint density at radius 1 is 1.47 bits per heavy atom. The molecule has 0 radical (unpaired) electrons. The van der Waals surface area contributed by atoms with Crippen LogP contribution in [0.4, 0.5) is 0 Å². The highest BCUT2D eigenvalue weighted by Crippen LogP contribution is 2.26. The highest BCUT2D eigenvalue weighted by molar-refractivity contribution is 7.10. The number of nitrogens with one attached hydrogen (secondary N) is 1. The van der Waals surface area contributed by atoms with Crippen LogP contribution >= 0.6 is 11.3 Å². The number of nitrogens with zero attached hydrogens (tertiary/aromatic N) is 2. The van der Waals surface area contributed by atoms with Crippen LogP contribution in [0.25, 0.3) is 0 Å². The Balaban J connectivity index is 2.19. The van der Waals surface area contributed by atoms with E-state index in [4.69, 9.17) is 0 Å². The molecule has 0 fully saturated rings. The van der Waals surface area contributed by atoms with Gasteiger partial charge in [-0.25, -0.2) is 0 Å². The van der Waals surface area contributed by atoms with E-state index in [1.807, 2.05) is 25.4 Å². The standard InChI is InChI=1S/C14H19N3OS/c1-9(2)13(12-6-5-7-19-12)16-14(18)11-8-15-17(4)10(11)3/h5-9,13H,1-4H3,(H,16,18)/t13-/m1/s1. The van der Waals surface area contributed by atoms with Crippen LogP contribution in [0.5, 0.6) is 0 Å². The Kier molecular flexibility index (Phi) is 4.04. The predicted octanol–water partition coefficient (Wildman–Crippen LogP) is 2.92. The summed E-state index contributed by atoms with van der Waals surface area (Å²) in [5, 5.41) is 9.25. The second-order valence-corrected chi connectivity index (χ2v) is 5.96. The maximum Gasteiger partial charge on any atom is 0.255 e. The number of aryl methyl sites for hydroxylation is 1.